The highest BCUT2D eigenvalue weighted by Crippen LogP contribution is 2.33. The lowest BCUT2D eigenvalue weighted by molar-refractivity contribution is 0.466. The van der Waals surface area contributed by atoms with Gasteiger partial charge in [-0.3, -0.25) is 4.98 Å². The molecule has 2 aromatic heterocycles. The third-order valence-corrected chi connectivity index (χ3v) is 6.14. The molecule has 2 aliphatic rings. The molecule has 1 unspecified atom stereocenters. The summed E-state index contributed by atoms with van der Waals surface area (Å²) in [5.74, 6) is 2.88. The average molecular weight is 361 g/mol. The first-order valence-electron chi connectivity index (χ1n) is 10.3. The number of hydrogen-bond acceptors (Lipinski definition) is 4. The maximum Gasteiger partial charge on any atom is 0.137 e. The summed E-state index contributed by atoms with van der Waals surface area (Å²) in [6, 6.07) is 8.72. The van der Waals surface area contributed by atoms with Crippen LogP contribution >= 0.6 is 0 Å². The van der Waals surface area contributed by atoms with E-state index >= 15 is 0 Å². The summed E-state index contributed by atoms with van der Waals surface area (Å²) in [5.41, 5.74) is 3.67. The van der Waals surface area contributed by atoms with E-state index in [1.54, 1.807) is 0 Å². The fourth-order valence-corrected chi connectivity index (χ4v) is 4.74. The van der Waals surface area contributed by atoms with Crippen LogP contribution in [0.2, 0.25) is 0 Å². The second-order valence-electron chi connectivity index (χ2n) is 8.07. The lowest BCUT2D eigenvalue weighted by atomic mass is 9.96. The first-order valence-corrected chi connectivity index (χ1v) is 10.3. The van der Waals surface area contributed by atoms with Gasteiger partial charge in [0.2, 0.25) is 0 Å². The molecule has 1 atom stereocenters. The number of pyridine rings is 1. The van der Waals surface area contributed by atoms with Crippen molar-refractivity contribution in [1.82, 2.24) is 19.7 Å². The summed E-state index contributed by atoms with van der Waals surface area (Å²) in [7, 11) is 0. The summed E-state index contributed by atoms with van der Waals surface area (Å²) in [4.78, 5) is 7.10. The van der Waals surface area contributed by atoms with Crippen LogP contribution in [0.1, 0.15) is 55.2 Å². The number of aromatic nitrogens is 4. The standard InChI is InChI=1S/C22H27N5/c1-16-8-9-19-18(14-16)20(10-11-23-19)26-12-5-6-17(15-26)22-25-24-21-7-3-2-4-13-27(21)22/h8-11,14,17H,2-7,12-13,15H2,1H3. The van der Waals surface area contributed by atoms with E-state index in [0.29, 0.717) is 5.92 Å². The molecule has 0 bridgehead atoms. The highest BCUT2D eigenvalue weighted by Gasteiger charge is 2.28. The third-order valence-electron chi connectivity index (χ3n) is 6.14. The largest absolute Gasteiger partial charge is 0.370 e. The highest BCUT2D eigenvalue weighted by molar-refractivity contribution is 5.92. The maximum absolute atomic E-state index is 4.64. The van der Waals surface area contributed by atoms with Crippen molar-refractivity contribution in [3.8, 4) is 0 Å². The zero-order valence-electron chi connectivity index (χ0n) is 16.1. The summed E-state index contributed by atoms with van der Waals surface area (Å²) in [6.45, 7) is 5.36. The Morgan fingerprint density at radius 1 is 1.00 bits per heavy atom. The molecular weight excluding hydrogens is 334 g/mol. The monoisotopic (exact) mass is 361 g/mol. The number of piperidine rings is 1. The number of aryl methyl sites for hydroxylation is 2. The van der Waals surface area contributed by atoms with Gasteiger partial charge in [-0.25, -0.2) is 0 Å². The minimum Gasteiger partial charge on any atom is -0.370 e. The molecule has 27 heavy (non-hydrogen) atoms. The lowest BCUT2D eigenvalue weighted by Crippen LogP contribution is -2.35. The first-order chi connectivity index (χ1) is 13.3. The summed E-state index contributed by atoms with van der Waals surface area (Å²) in [5, 5.41) is 10.4. The summed E-state index contributed by atoms with van der Waals surface area (Å²) >= 11 is 0. The molecule has 0 saturated carbocycles. The second-order valence-corrected chi connectivity index (χ2v) is 8.07. The Kier molecular flexibility index (Phi) is 4.30. The zero-order chi connectivity index (χ0) is 18.2. The zero-order valence-corrected chi connectivity index (χ0v) is 16.1. The first kappa shape index (κ1) is 16.7. The van der Waals surface area contributed by atoms with Crippen LogP contribution in [0.3, 0.4) is 0 Å². The Balaban J connectivity index is 1.47. The smallest absolute Gasteiger partial charge is 0.137 e. The lowest BCUT2D eigenvalue weighted by Gasteiger charge is -2.34. The van der Waals surface area contributed by atoms with Crippen molar-refractivity contribution in [2.45, 2.75) is 57.9 Å². The molecule has 0 N–H and O–H groups in total. The Bertz CT molecular complexity index is 960. The Labute approximate surface area is 160 Å². The van der Waals surface area contributed by atoms with Gasteiger partial charge in [0.1, 0.15) is 11.6 Å². The van der Waals surface area contributed by atoms with Crippen LogP contribution in [0.15, 0.2) is 30.5 Å². The van der Waals surface area contributed by atoms with Gasteiger partial charge >= 0.3 is 0 Å². The van der Waals surface area contributed by atoms with Crippen LogP contribution < -0.4 is 4.90 Å². The van der Waals surface area contributed by atoms with E-state index in [-0.39, 0.29) is 0 Å². The van der Waals surface area contributed by atoms with Crippen LogP contribution in [0, 0.1) is 6.92 Å². The molecule has 0 radical (unpaired) electrons. The van der Waals surface area contributed by atoms with Crippen molar-refractivity contribution >= 4 is 16.6 Å². The predicted molar refractivity (Wildman–Crippen MR) is 108 cm³/mol. The van der Waals surface area contributed by atoms with Gasteiger partial charge in [0.15, 0.2) is 0 Å². The van der Waals surface area contributed by atoms with Gasteiger partial charge in [0.05, 0.1) is 5.52 Å². The molecular formula is C22H27N5. The molecule has 1 aromatic carbocycles. The maximum atomic E-state index is 4.64. The molecule has 1 fully saturated rings. The molecule has 5 rings (SSSR count). The Hall–Kier alpha value is -2.43. The summed E-state index contributed by atoms with van der Waals surface area (Å²) in [6.07, 6.45) is 9.23. The highest BCUT2D eigenvalue weighted by atomic mass is 15.3. The van der Waals surface area contributed by atoms with Crippen LogP contribution in [-0.4, -0.2) is 32.8 Å². The molecule has 2 aliphatic heterocycles. The van der Waals surface area contributed by atoms with E-state index < -0.39 is 0 Å². The van der Waals surface area contributed by atoms with Crippen LogP contribution in [0.4, 0.5) is 5.69 Å². The minimum atomic E-state index is 0.464. The Morgan fingerprint density at radius 2 is 1.96 bits per heavy atom. The van der Waals surface area contributed by atoms with Crippen molar-refractivity contribution in [3.05, 3.63) is 47.7 Å². The average Bonchev–Trinajstić information content (AvgIpc) is 2.96. The minimum absolute atomic E-state index is 0.464. The molecule has 140 valence electrons. The normalized spacial score (nSPS) is 20.5. The van der Waals surface area contributed by atoms with Gasteiger partial charge in [0, 0.05) is 49.2 Å². The van der Waals surface area contributed by atoms with Gasteiger partial charge in [-0.05, 0) is 50.8 Å². The van der Waals surface area contributed by atoms with E-state index in [9.17, 15) is 0 Å². The number of hydrogen-bond donors (Lipinski definition) is 0. The fraction of sp³-hybridized carbons (Fsp3) is 0.500. The summed E-state index contributed by atoms with van der Waals surface area (Å²) < 4.78 is 2.43. The van der Waals surface area contributed by atoms with Crippen molar-refractivity contribution in [2.24, 2.45) is 0 Å². The van der Waals surface area contributed by atoms with E-state index in [1.807, 2.05) is 6.20 Å². The predicted octanol–water partition coefficient (Wildman–Crippen LogP) is 4.25. The van der Waals surface area contributed by atoms with Crippen molar-refractivity contribution in [2.75, 3.05) is 18.0 Å². The molecule has 1 saturated heterocycles. The molecule has 5 nitrogen and oxygen atoms in total. The van der Waals surface area contributed by atoms with Crippen molar-refractivity contribution < 1.29 is 0 Å². The fourth-order valence-electron chi connectivity index (χ4n) is 4.74. The number of benzene rings is 1. The van der Waals surface area contributed by atoms with E-state index in [0.717, 1.165) is 31.6 Å². The number of rotatable bonds is 2. The van der Waals surface area contributed by atoms with Gasteiger partial charge in [0.25, 0.3) is 0 Å². The number of fused-ring (bicyclic) bond motifs is 2. The van der Waals surface area contributed by atoms with Crippen LogP contribution in [-0.2, 0) is 13.0 Å². The SMILES string of the molecule is Cc1ccc2nccc(N3CCCC(c4nnc5n4CCCCC5)C3)c2c1. The Morgan fingerprint density at radius 3 is 2.93 bits per heavy atom. The molecule has 3 aromatic rings. The van der Waals surface area contributed by atoms with E-state index in [2.05, 4.69) is 55.8 Å². The van der Waals surface area contributed by atoms with E-state index in [4.69, 9.17) is 0 Å². The van der Waals surface area contributed by atoms with Gasteiger partial charge in [-0.2, -0.15) is 0 Å². The second kappa shape index (κ2) is 6.95. The number of nitrogens with zero attached hydrogens (tertiary/aromatic N) is 5. The van der Waals surface area contributed by atoms with Gasteiger partial charge < -0.3 is 9.47 Å². The quantitative estimate of drug-likeness (QED) is 0.685. The van der Waals surface area contributed by atoms with Crippen LogP contribution in [0.25, 0.3) is 10.9 Å². The molecule has 5 heteroatoms. The molecule has 0 aliphatic carbocycles. The molecule has 0 spiro atoms. The van der Waals surface area contributed by atoms with Gasteiger partial charge in [-0.1, -0.05) is 18.1 Å². The third kappa shape index (κ3) is 3.09. The van der Waals surface area contributed by atoms with Crippen LogP contribution in [0.5, 0.6) is 0 Å². The van der Waals surface area contributed by atoms with Crippen molar-refractivity contribution in [1.29, 1.82) is 0 Å². The van der Waals surface area contributed by atoms with Gasteiger partial charge in [-0.15, -0.1) is 10.2 Å². The molecule has 0 amide bonds. The topological polar surface area (TPSA) is 46.8 Å². The number of anilines is 1. The molecule has 4 heterocycles. The van der Waals surface area contributed by atoms with Crippen molar-refractivity contribution in [3.63, 3.8) is 0 Å². The van der Waals surface area contributed by atoms with E-state index in [1.165, 1.54) is 60.4 Å².